The van der Waals surface area contributed by atoms with Crippen molar-refractivity contribution in [2.75, 3.05) is 6.54 Å². The Kier molecular flexibility index (Phi) is 4.28. The SMILES string of the molecule is CC(C)(C)CC(NCC1C(C)(C)C1(C)C)c1ccccc1. The third-order valence-electron chi connectivity index (χ3n) is 5.91. The number of hydrogen-bond donors (Lipinski definition) is 1. The van der Waals surface area contributed by atoms with Crippen LogP contribution in [0, 0.1) is 22.2 Å². The maximum Gasteiger partial charge on any atom is 0.0325 e. The average Bonchev–Trinajstić information content (AvgIpc) is 2.75. The fraction of sp³-hybridized carbons (Fsp3) is 0.700. The zero-order valence-electron chi connectivity index (χ0n) is 15.0. The van der Waals surface area contributed by atoms with Gasteiger partial charge in [0, 0.05) is 6.04 Å². The van der Waals surface area contributed by atoms with E-state index in [-0.39, 0.29) is 0 Å². The molecule has 1 aromatic rings. The molecule has 1 N–H and O–H groups in total. The highest BCUT2D eigenvalue weighted by Gasteiger charge is 2.63. The van der Waals surface area contributed by atoms with Gasteiger partial charge in [0.15, 0.2) is 0 Å². The molecule has 1 saturated carbocycles. The molecule has 0 amide bonds. The standard InChI is InChI=1S/C20H33N/c1-18(2,3)13-16(15-11-9-8-10-12-15)21-14-17-19(4,5)20(17,6)7/h8-12,16-17,21H,13-14H2,1-7H3. The molecule has 0 aromatic heterocycles. The van der Waals surface area contributed by atoms with Crippen molar-refractivity contribution in [3.05, 3.63) is 35.9 Å². The first-order valence-electron chi connectivity index (χ1n) is 8.34. The molecule has 1 atom stereocenters. The molecule has 1 nitrogen and oxygen atoms in total. The van der Waals surface area contributed by atoms with Crippen molar-refractivity contribution in [3.8, 4) is 0 Å². The van der Waals surface area contributed by atoms with E-state index in [2.05, 4.69) is 84.1 Å². The Balaban J connectivity index is 2.04. The molecule has 118 valence electrons. The van der Waals surface area contributed by atoms with E-state index in [1.54, 1.807) is 0 Å². The van der Waals surface area contributed by atoms with Crippen LogP contribution in [0.3, 0.4) is 0 Å². The Morgan fingerprint density at radius 3 is 1.95 bits per heavy atom. The summed E-state index contributed by atoms with van der Waals surface area (Å²) in [6, 6.07) is 11.4. The zero-order valence-corrected chi connectivity index (χ0v) is 15.0. The van der Waals surface area contributed by atoms with Gasteiger partial charge in [0.2, 0.25) is 0 Å². The molecule has 0 spiro atoms. The number of hydrogen-bond acceptors (Lipinski definition) is 1. The number of benzene rings is 1. The van der Waals surface area contributed by atoms with Crippen molar-refractivity contribution >= 4 is 0 Å². The van der Waals surface area contributed by atoms with Gasteiger partial charge in [-0.25, -0.2) is 0 Å². The lowest BCUT2D eigenvalue weighted by Gasteiger charge is -2.28. The highest BCUT2D eigenvalue weighted by molar-refractivity contribution is 5.20. The van der Waals surface area contributed by atoms with Gasteiger partial charge in [-0.2, -0.15) is 0 Å². The second kappa shape index (κ2) is 5.43. The maximum absolute atomic E-state index is 3.87. The molecule has 1 unspecified atom stereocenters. The lowest BCUT2D eigenvalue weighted by atomic mass is 9.85. The van der Waals surface area contributed by atoms with Gasteiger partial charge in [-0.15, -0.1) is 0 Å². The highest BCUT2D eigenvalue weighted by atomic mass is 14.9. The summed E-state index contributed by atoms with van der Waals surface area (Å²) in [6.07, 6.45) is 1.17. The van der Waals surface area contributed by atoms with E-state index in [9.17, 15) is 0 Å². The van der Waals surface area contributed by atoms with Gasteiger partial charge in [-0.1, -0.05) is 78.8 Å². The van der Waals surface area contributed by atoms with Crippen molar-refractivity contribution in [3.63, 3.8) is 0 Å². The number of rotatable bonds is 5. The van der Waals surface area contributed by atoms with Gasteiger partial charge >= 0.3 is 0 Å². The van der Waals surface area contributed by atoms with Gasteiger partial charge in [-0.05, 0) is 40.7 Å². The molecule has 21 heavy (non-hydrogen) atoms. The van der Waals surface area contributed by atoms with Crippen molar-refractivity contribution in [2.45, 2.75) is 60.9 Å². The van der Waals surface area contributed by atoms with E-state index < -0.39 is 0 Å². The average molecular weight is 287 g/mol. The molecule has 0 aliphatic heterocycles. The molecule has 0 heterocycles. The minimum Gasteiger partial charge on any atom is -0.310 e. The summed E-state index contributed by atoms with van der Waals surface area (Å²) in [4.78, 5) is 0. The van der Waals surface area contributed by atoms with Gasteiger partial charge in [0.05, 0.1) is 0 Å². The zero-order chi connectivity index (χ0) is 15.9. The van der Waals surface area contributed by atoms with Crippen LogP contribution in [-0.2, 0) is 0 Å². The van der Waals surface area contributed by atoms with E-state index in [0.717, 1.165) is 12.5 Å². The molecular formula is C20H33N. The normalized spacial score (nSPS) is 22.0. The quantitative estimate of drug-likeness (QED) is 0.761. The van der Waals surface area contributed by atoms with Crippen LogP contribution in [-0.4, -0.2) is 6.54 Å². The Hall–Kier alpha value is -0.820. The van der Waals surface area contributed by atoms with E-state index in [4.69, 9.17) is 0 Å². The molecular weight excluding hydrogens is 254 g/mol. The van der Waals surface area contributed by atoms with Gasteiger partial charge in [-0.3, -0.25) is 0 Å². The summed E-state index contributed by atoms with van der Waals surface area (Å²) in [5.41, 5.74) is 2.68. The van der Waals surface area contributed by atoms with Crippen LogP contribution in [0.4, 0.5) is 0 Å². The molecule has 1 aliphatic carbocycles. The van der Waals surface area contributed by atoms with Gasteiger partial charge in [0.1, 0.15) is 0 Å². The predicted octanol–water partition coefficient (Wildman–Crippen LogP) is 5.44. The summed E-state index contributed by atoms with van der Waals surface area (Å²) in [5.74, 6) is 0.774. The summed E-state index contributed by atoms with van der Waals surface area (Å²) in [5, 5.41) is 3.87. The van der Waals surface area contributed by atoms with Crippen LogP contribution >= 0.6 is 0 Å². The minimum atomic E-state index is 0.335. The molecule has 1 aliphatic rings. The molecule has 1 fully saturated rings. The summed E-state index contributed by atoms with van der Waals surface area (Å²) in [6.45, 7) is 17.7. The van der Waals surface area contributed by atoms with Crippen LogP contribution in [0.5, 0.6) is 0 Å². The van der Waals surface area contributed by atoms with Crippen LogP contribution in [0.15, 0.2) is 30.3 Å². The first-order chi connectivity index (χ1) is 9.56. The van der Waals surface area contributed by atoms with Crippen molar-refractivity contribution in [1.29, 1.82) is 0 Å². The Labute approximate surface area is 131 Å². The summed E-state index contributed by atoms with van der Waals surface area (Å²) in [7, 11) is 0. The fourth-order valence-electron chi connectivity index (χ4n) is 3.71. The Morgan fingerprint density at radius 2 is 1.52 bits per heavy atom. The largest absolute Gasteiger partial charge is 0.310 e. The highest BCUT2D eigenvalue weighted by Crippen LogP contribution is 2.68. The molecule has 1 heteroatoms. The Bertz CT molecular complexity index is 450. The smallest absolute Gasteiger partial charge is 0.0325 e. The molecule has 0 bridgehead atoms. The first kappa shape index (κ1) is 16.5. The molecule has 2 rings (SSSR count). The van der Waals surface area contributed by atoms with Crippen LogP contribution in [0.25, 0.3) is 0 Å². The molecule has 1 aromatic carbocycles. The van der Waals surface area contributed by atoms with Gasteiger partial charge in [0.25, 0.3) is 0 Å². The van der Waals surface area contributed by atoms with Crippen LogP contribution in [0.2, 0.25) is 0 Å². The summed E-state index contributed by atoms with van der Waals surface area (Å²) >= 11 is 0. The van der Waals surface area contributed by atoms with E-state index in [1.807, 2.05) is 0 Å². The van der Waals surface area contributed by atoms with Crippen LogP contribution < -0.4 is 5.32 Å². The second-order valence-corrected chi connectivity index (χ2v) is 9.13. The molecule has 0 saturated heterocycles. The van der Waals surface area contributed by atoms with Crippen molar-refractivity contribution < 1.29 is 0 Å². The van der Waals surface area contributed by atoms with Gasteiger partial charge < -0.3 is 5.32 Å². The second-order valence-electron chi connectivity index (χ2n) is 9.13. The third kappa shape index (κ3) is 3.51. The summed E-state index contributed by atoms with van der Waals surface area (Å²) < 4.78 is 0. The predicted molar refractivity (Wildman–Crippen MR) is 92.3 cm³/mol. The minimum absolute atomic E-state index is 0.335. The molecule has 0 radical (unpaired) electrons. The monoisotopic (exact) mass is 287 g/mol. The lowest BCUT2D eigenvalue weighted by Crippen LogP contribution is -2.28. The number of nitrogens with one attached hydrogen (secondary N) is 1. The topological polar surface area (TPSA) is 12.0 Å². The maximum atomic E-state index is 3.87. The van der Waals surface area contributed by atoms with Crippen LogP contribution in [0.1, 0.15) is 66.5 Å². The Morgan fingerprint density at radius 1 is 1.00 bits per heavy atom. The van der Waals surface area contributed by atoms with E-state index in [0.29, 0.717) is 22.3 Å². The lowest BCUT2D eigenvalue weighted by molar-refractivity contribution is 0.305. The fourth-order valence-corrected chi connectivity index (χ4v) is 3.71. The van der Waals surface area contributed by atoms with Crippen molar-refractivity contribution in [1.82, 2.24) is 5.32 Å². The third-order valence-corrected chi connectivity index (χ3v) is 5.91. The first-order valence-corrected chi connectivity index (χ1v) is 8.34. The van der Waals surface area contributed by atoms with E-state index >= 15 is 0 Å². The van der Waals surface area contributed by atoms with Crippen molar-refractivity contribution in [2.24, 2.45) is 22.2 Å². The van der Waals surface area contributed by atoms with E-state index in [1.165, 1.54) is 12.0 Å².